The molecular weight excluding hydrogens is 358 g/mol. The number of ether oxygens (including phenoxy) is 1. The Morgan fingerprint density at radius 2 is 1.81 bits per heavy atom. The van der Waals surface area contributed by atoms with E-state index in [4.69, 9.17) is 24.6 Å². The van der Waals surface area contributed by atoms with Crippen LogP contribution in [0.2, 0.25) is 5.02 Å². The number of rotatable bonds is 7. The molecule has 1 amide bonds. The molecule has 26 heavy (non-hydrogen) atoms. The molecule has 0 aliphatic heterocycles. The Hall–Kier alpha value is -2.57. The van der Waals surface area contributed by atoms with E-state index in [0.29, 0.717) is 10.6 Å². The first-order valence-electron chi connectivity index (χ1n) is 10.4. The van der Waals surface area contributed by atoms with Gasteiger partial charge in [0.05, 0.1) is 6.10 Å². The van der Waals surface area contributed by atoms with Gasteiger partial charge >= 0.3 is 5.97 Å². The minimum absolute atomic E-state index is 0.161. The fourth-order valence-corrected chi connectivity index (χ4v) is 2.11. The van der Waals surface area contributed by atoms with Crippen molar-refractivity contribution in [2.75, 3.05) is 6.54 Å². The quantitative estimate of drug-likeness (QED) is 0.683. The van der Waals surface area contributed by atoms with Crippen molar-refractivity contribution in [2.24, 2.45) is 0 Å². The zero-order valence-corrected chi connectivity index (χ0v) is 14.2. The highest BCUT2D eigenvalue weighted by Gasteiger charge is 2.29. The van der Waals surface area contributed by atoms with E-state index in [0.717, 1.165) is 12.1 Å². The van der Waals surface area contributed by atoms with Crippen molar-refractivity contribution < 1.29 is 32.8 Å². The SMILES string of the molecule is [2H]C([2H])([2H])C(Oc1ccc(C(O)CNC(=O)c2ccc(Cl)cc2)cc1)(C(=O)O)C([2H])([2H])[2H]. The smallest absolute Gasteiger partial charge is 0.347 e. The van der Waals surface area contributed by atoms with Crippen LogP contribution in [-0.2, 0) is 4.79 Å². The second-order valence-corrected chi connectivity index (χ2v) is 5.83. The lowest BCUT2D eigenvalue weighted by atomic mass is 10.1. The number of benzene rings is 2. The van der Waals surface area contributed by atoms with E-state index >= 15 is 0 Å². The highest BCUT2D eigenvalue weighted by Crippen LogP contribution is 2.22. The molecular formula is C19H20ClNO5. The largest absolute Gasteiger partial charge is 0.478 e. The Balaban J connectivity index is 2.13. The summed E-state index contributed by atoms with van der Waals surface area (Å²) < 4.78 is 49.6. The van der Waals surface area contributed by atoms with Gasteiger partial charge in [-0.25, -0.2) is 4.79 Å². The summed E-state index contributed by atoms with van der Waals surface area (Å²) in [6.07, 6.45) is -1.16. The van der Waals surface area contributed by atoms with E-state index in [1.165, 1.54) is 24.3 Å². The van der Waals surface area contributed by atoms with Gasteiger partial charge in [-0.15, -0.1) is 0 Å². The molecule has 0 saturated carbocycles. The second kappa shape index (κ2) is 8.21. The summed E-state index contributed by atoms with van der Waals surface area (Å²) in [6, 6.07) is 11.0. The first-order valence-corrected chi connectivity index (χ1v) is 7.81. The number of aliphatic hydroxyl groups excluding tert-OH is 1. The van der Waals surface area contributed by atoms with Crippen LogP contribution >= 0.6 is 11.6 Å². The molecule has 0 aromatic heterocycles. The lowest BCUT2D eigenvalue weighted by Gasteiger charge is -2.21. The van der Waals surface area contributed by atoms with E-state index in [-0.39, 0.29) is 17.9 Å². The molecule has 0 heterocycles. The number of carboxylic acids is 1. The number of halogens is 1. The number of nitrogens with one attached hydrogen (secondary N) is 1. The molecule has 0 spiro atoms. The summed E-state index contributed by atoms with van der Waals surface area (Å²) in [7, 11) is 0. The maximum Gasteiger partial charge on any atom is 0.347 e. The molecule has 6 nitrogen and oxygen atoms in total. The third-order valence-corrected chi connectivity index (χ3v) is 3.65. The molecule has 3 N–H and O–H groups in total. The molecule has 0 bridgehead atoms. The summed E-state index contributed by atoms with van der Waals surface area (Å²) in [5, 5.41) is 22.7. The van der Waals surface area contributed by atoms with Crippen LogP contribution in [-0.4, -0.2) is 34.2 Å². The normalized spacial score (nSPS) is 16.7. The van der Waals surface area contributed by atoms with Gasteiger partial charge in [-0.3, -0.25) is 4.79 Å². The zero-order chi connectivity index (χ0) is 24.3. The number of hydrogen-bond donors (Lipinski definition) is 3. The minimum Gasteiger partial charge on any atom is -0.478 e. The van der Waals surface area contributed by atoms with E-state index in [2.05, 4.69) is 5.32 Å². The highest BCUT2D eigenvalue weighted by molar-refractivity contribution is 6.30. The van der Waals surface area contributed by atoms with Gasteiger partial charge in [-0.1, -0.05) is 23.7 Å². The Bertz CT molecular complexity index is 946. The van der Waals surface area contributed by atoms with Crippen molar-refractivity contribution in [1.82, 2.24) is 5.32 Å². The van der Waals surface area contributed by atoms with Crippen LogP contribution < -0.4 is 10.1 Å². The lowest BCUT2D eigenvalue weighted by molar-refractivity contribution is -0.152. The highest BCUT2D eigenvalue weighted by atomic mass is 35.5. The summed E-state index contributed by atoms with van der Waals surface area (Å²) >= 11 is 5.77. The van der Waals surface area contributed by atoms with Gasteiger partial charge in [0, 0.05) is 25.4 Å². The first kappa shape index (κ1) is 12.7. The number of carbonyl (C=O) groups excluding carboxylic acids is 1. The molecule has 0 radical (unpaired) electrons. The molecule has 1 unspecified atom stereocenters. The average molecular weight is 384 g/mol. The van der Waals surface area contributed by atoms with E-state index < -0.39 is 37.3 Å². The Labute approximate surface area is 164 Å². The van der Waals surface area contributed by atoms with Crippen molar-refractivity contribution in [3.05, 3.63) is 64.7 Å². The molecule has 1 atom stereocenters. The van der Waals surface area contributed by atoms with E-state index in [1.54, 1.807) is 12.1 Å². The fourth-order valence-electron chi connectivity index (χ4n) is 1.99. The van der Waals surface area contributed by atoms with Gasteiger partial charge in [0.1, 0.15) is 5.75 Å². The molecule has 0 saturated heterocycles. The van der Waals surface area contributed by atoms with Crippen molar-refractivity contribution in [3.63, 3.8) is 0 Å². The van der Waals surface area contributed by atoms with E-state index in [9.17, 15) is 19.8 Å². The van der Waals surface area contributed by atoms with Crippen molar-refractivity contribution in [1.29, 1.82) is 0 Å². The van der Waals surface area contributed by atoms with Crippen LogP contribution in [0.15, 0.2) is 48.5 Å². The van der Waals surface area contributed by atoms with Gasteiger partial charge in [0.25, 0.3) is 5.91 Å². The summed E-state index contributed by atoms with van der Waals surface area (Å²) in [5.74, 6) is -2.94. The maximum absolute atomic E-state index is 12.1. The minimum atomic E-state index is -3.51. The molecule has 2 aromatic carbocycles. The Kier molecular flexibility index (Phi) is 4.02. The van der Waals surface area contributed by atoms with Crippen LogP contribution in [0.25, 0.3) is 0 Å². The summed E-state index contributed by atoms with van der Waals surface area (Å²) in [4.78, 5) is 23.8. The van der Waals surface area contributed by atoms with Crippen LogP contribution in [0.3, 0.4) is 0 Å². The zero-order valence-electron chi connectivity index (χ0n) is 19.4. The average Bonchev–Trinajstić information content (AvgIpc) is 2.68. The van der Waals surface area contributed by atoms with Crippen LogP contribution in [0.1, 0.15) is 44.0 Å². The van der Waals surface area contributed by atoms with Gasteiger partial charge in [-0.2, -0.15) is 0 Å². The molecule has 2 aromatic rings. The Morgan fingerprint density at radius 1 is 1.19 bits per heavy atom. The Morgan fingerprint density at radius 3 is 2.35 bits per heavy atom. The molecule has 7 heteroatoms. The number of aliphatic hydroxyl groups is 1. The van der Waals surface area contributed by atoms with Gasteiger partial charge in [0.2, 0.25) is 0 Å². The van der Waals surface area contributed by atoms with E-state index in [1.807, 2.05) is 0 Å². The van der Waals surface area contributed by atoms with Gasteiger partial charge in [-0.05, 0) is 55.7 Å². The molecule has 0 fully saturated rings. The topological polar surface area (TPSA) is 95.9 Å². The molecule has 0 aliphatic rings. The number of carbonyl (C=O) groups is 2. The number of carboxylic acid groups (broad SMARTS) is 1. The van der Waals surface area contributed by atoms with Crippen molar-refractivity contribution >= 4 is 23.5 Å². The second-order valence-electron chi connectivity index (χ2n) is 5.39. The third-order valence-electron chi connectivity index (χ3n) is 3.40. The van der Waals surface area contributed by atoms with Gasteiger partial charge in [0.15, 0.2) is 5.60 Å². The third kappa shape index (κ3) is 5.21. The number of hydrogen-bond acceptors (Lipinski definition) is 4. The van der Waals surface area contributed by atoms with Crippen molar-refractivity contribution in [3.8, 4) is 5.75 Å². The molecule has 0 aliphatic carbocycles. The molecule has 138 valence electrons. The standard InChI is InChI=1S/C19H20ClNO5/c1-19(2,18(24)25)26-15-9-5-12(6-10-15)16(22)11-21-17(23)13-3-7-14(20)8-4-13/h3-10,16,22H,11H2,1-2H3,(H,21,23)(H,24,25)/i1D3,2D3. The van der Waals surface area contributed by atoms with Gasteiger partial charge < -0.3 is 20.3 Å². The maximum atomic E-state index is 12.1. The monoisotopic (exact) mass is 383 g/mol. The number of aliphatic carboxylic acids is 1. The summed E-state index contributed by atoms with van der Waals surface area (Å²) in [5.41, 5.74) is -2.85. The predicted molar refractivity (Wildman–Crippen MR) is 97.5 cm³/mol. The van der Waals surface area contributed by atoms with Crippen LogP contribution in [0.4, 0.5) is 0 Å². The fraction of sp³-hybridized carbons (Fsp3) is 0.263. The lowest BCUT2D eigenvalue weighted by Crippen LogP contribution is -2.37. The first-order chi connectivity index (χ1) is 14.7. The molecule has 2 rings (SSSR count). The van der Waals surface area contributed by atoms with Crippen LogP contribution in [0, 0.1) is 0 Å². The predicted octanol–water partition coefficient (Wildman–Crippen LogP) is 3.05. The van der Waals surface area contributed by atoms with Crippen LogP contribution in [0.5, 0.6) is 5.75 Å². The summed E-state index contributed by atoms with van der Waals surface area (Å²) in [6.45, 7) is -7.17. The number of amides is 1. The van der Waals surface area contributed by atoms with Crippen molar-refractivity contribution in [2.45, 2.75) is 25.4 Å².